The van der Waals surface area contributed by atoms with Crippen LogP contribution < -0.4 is 16.4 Å². The quantitative estimate of drug-likeness (QED) is 0.464. The van der Waals surface area contributed by atoms with Gasteiger partial charge in [-0.1, -0.05) is 0 Å². The van der Waals surface area contributed by atoms with Crippen LogP contribution in [0.25, 0.3) is 0 Å². The van der Waals surface area contributed by atoms with Crippen LogP contribution in [0.2, 0.25) is 0 Å². The van der Waals surface area contributed by atoms with Crippen molar-refractivity contribution in [3.05, 3.63) is 0 Å². The van der Waals surface area contributed by atoms with Gasteiger partial charge in [-0.05, 0) is 32.7 Å². The number of nitrogens with one attached hydrogen (secondary N) is 2. The second-order valence-corrected chi connectivity index (χ2v) is 4.50. The Morgan fingerprint density at radius 3 is 1.79 bits per heavy atom. The average molecular weight is 271 g/mol. The summed E-state index contributed by atoms with van der Waals surface area (Å²) in [4.78, 5) is 33.3. The number of hydrogen-bond donors (Lipinski definition) is 3. The van der Waals surface area contributed by atoms with Crippen molar-refractivity contribution in [2.24, 2.45) is 5.73 Å². The Morgan fingerprint density at radius 1 is 0.842 bits per heavy atom. The molecule has 6 heteroatoms. The Hall–Kier alpha value is -1.43. The summed E-state index contributed by atoms with van der Waals surface area (Å²) in [5.74, 6) is 0.0708. The number of ketones is 1. The zero-order chi connectivity index (χ0) is 14.5. The number of Topliss-reactive ketones (excluding diaryl/α,β-unsaturated/α-hetero) is 1. The minimum atomic E-state index is -0.0419. The Morgan fingerprint density at radius 2 is 1.32 bits per heavy atom. The third-order valence-electron chi connectivity index (χ3n) is 2.54. The van der Waals surface area contributed by atoms with Gasteiger partial charge in [0.25, 0.3) is 0 Å². The van der Waals surface area contributed by atoms with E-state index in [-0.39, 0.29) is 17.6 Å². The maximum Gasteiger partial charge on any atom is 0.220 e. The first-order valence-corrected chi connectivity index (χ1v) is 6.79. The molecule has 110 valence electrons. The van der Waals surface area contributed by atoms with Gasteiger partial charge in [-0.3, -0.25) is 9.59 Å². The van der Waals surface area contributed by atoms with E-state index in [2.05, 4.69) is 10.6 Å². The molecule has 0 fully saturated rings. The first kappa shape index (κ1) is 17.6. The van der Waals surface area contributed by atoms with Gasteiger partial charge >= 0.3 is 0 Å². The molecule has 19 heavy (non-hydrogen) atoms. The lowest BCUT2D eigenvalue weighted by atomic mass is 10.2. The van der Waals surface area contributed by atoms with Crippen molar-refractivity contribution in [1.82, 2.24) is 10.6 Å². The molecule has 0 saturated carbocycles. The van der Waals surface area contributed by atoms with Crippen LogP contribution in [0.15, 0.2) is 0 Å². The topological polar surface area (TPSA) is 101 Å². The molecule has 0 aliphatic carbocycles. The largest absolute Gasteiger partial charge is 0.356 e. The van der Waals surface area contributed by atoms with E-state index in [1.165, 1.54) is 6.92 Å². The van der Waals surface area contributed by atoms with Crippen molar-refractivity contribution in [2.75, 3.05) is 19.6 Å². The molecular weight excluding hydrogens is 246 g/mol. The Balaban J connectivity index is 3.38. The van der Waals surface area contributed by atoms with Gasteiger partial charge in [-0.15, -0.1) is 0 Å². The van der Waals surface area contributed by atoms with Crippen LogP contribution in [0.3, 0.4) is 0 Å². The molecular formula is C13H25N3O3. The second kappa shape index (κ2) is 11.6. The molecule has 0 aliphatic rings. The molecule has 0 heterocycles. The van der Waals surface area contributed by atoms with Crippen LogP contribution in [0.1, 0.15) is 45.4 Å². The molecule has 0 saturated heterocycles. The number of rotatable bonds is 11. The number of carbonyl (C=O) groups excluding carboxylic acids is 3. The summed E-state index contributed by atoms with van der Waals surface area (Å²) in [6.07, 6.45) is 3.30. The average Bonchev–Trinajstić information content (AvgIpc) is 2.37. The molecule has 4 N–H and O–H groups in total. The van der Waals surface area contributed by atoms with Crippen LogP contribution >= 0.6 is 0 Å². The highest BCUT2D eigenvalue weighted by atomic mass is 16.2. The molecule has 6 nitrogen and oxygen atoms in total. The van der Waals surface area contributed by atoms with E-state index in [9.17, 15) is 14.4 Å². The van der Waals surface area contributed by atoms with Gasteiger partial charge in [-0.2, -0.15) is 0 Å². The van der Waals surface area contributed by atoms with Crippen molar-refractivity contribution in [2.45, 2.75) is 45.4 Å². The van der Waals surface area contributed by atoms with Crippen LogP contribution in [0, 0.1) is 0 Å². The summed E-state index contributed by atoms with van der Waals surface area (Å²) in [5, 5.41) is 5.48. The molecule has 0 bridgehead atoms. The standard InChI is InChI=1S/C13H25N3O3/c1-11(17)5-3-9-15-13(19)7-4-10-16-12(18)6-2-8-14/h2-10,14H2,1H3,(H,15,19)(H,16,18). The maximum atomic E-state index is 11.4. The number of nitrogens with two attached hydrogens (primary N) is 1. The van der Waals surface area contributed by atoms with E-state index in [4.69, 9.17) is 5.73 Å². The van der Waals surface area contributed by atoms with Crippen LogP contribution in [-0.2, 0) is 14.4 Å². The summed E-state index contributed by atoms with van der Waals surface area (Å²) in [5.41, 5.74) is 5.29. The summed E-state index contributed by atoms with van der Waals surface area (Å²) in [7, 11) is 0. The van der Waals surface area contributed by atoms with Gasteiger partial charge in [0.2, 0.25) is 11.8 Å². The van der Waals surface area contributed by atoms with Gasteiger partial charge in [0.15, 0.2) is 0 Å². The van der Waals surface area contributed by atoms with E-state index < -0.39 is 0 Å². The zero-order valence-electron chi connectivity index (χ0n) is 11.7. The normalized spacial score (nSPS) is 10.0. The molecule has 0 spiro atoms. The molecule has 0 aromatic carbocycles. The van der Waals surface area contributed by atoms with Crippen molar-refractivity contribution in [1.29, 1.82) is 0 Å². The third-order valence-corrected chi connectivity index (χ3v) is 2.54. The van der Waals surface area contributed by atoms with Crippen molar-refractivity contribution < 1.29 is 14.4 Å². The third kappa shape index (κ3) is 12.8. The predicted octanol–water partition coefficient (Wildman–Crippen LogP) is 0.107. The lowest BCUT2D eigenvalue weighted by Gasteiger charge is -2.06. The van der Waals surface area contributed by atoms with Crippen molar-refractivity contribution in [3.8, 4) is 0 Å². The minimum Gasteiger partial charge on any atom is -0.356 e. The van der Waals surface area contributed by atoms with Crippen LogP contribution in [0.5, 0.6) is 0 Å². The molecule has 0 radical (unpaired) electrons. The Labute approximate surface area is 114 Å². The summed E-state index contributed by atoms with van der Waals surface area (Å²) >= 11 is 0. The van der Waals surface area contributed by atoms with Gasteiger partial charge in [0, 0.05) is 32.4 Å². The first-order chi connectivity index (χ1) is 9.06. The molecule has 0 unspecified atom stereocenters. The maximum absolute atomic E-state index is 11.4. The fraction of sp³-hybridized carbons (Fsp3) is 0.769. The van der Waals surface area contributed by atoms with E-state index in [1.807, 2.05) is 0 Å². The number of carbonyl (C=O) groups is 3. The minimum absolute atomic E-state index is 0.0210. The fourth-order valence-corrected chi connectivity index (χ4v) is 1.48. The molecule has 2 amide bonds. The van der Waals surface area contributed by atoms with E-state index in [0.717, 1.165) is 0 Å². The smallest absolute Gasteiger partial charge is 0.220 e. The molecule has 0 aliphatic heterocycles. The first-order valence-electron chi connectivity index (χ1n) is 6.79. The molecule has 0 rings (SSSR count). The van der Waals surface area contributed by atoms with E-state index >= 15 is 0 Å². The SMILES string of the molecule is CC(=O)CCCNC(=O)CCCNC(=O)CCCN. The van der Waals surface area contributed by atoms with Crippen LogP contribution in [0.4, 0.5) is 0 Å². The monoisotopic (exact) mass is 271 g/mol. The van der Waals surface area contributed by atoms with Crippen molar-refractivity contribution >= 4 is 17.6 Å². The second-order valence-electron chi connectivity index (χ2n) is 4.50. The highest BCUT2D eigenvalue weighted by Gasteiger charge is 2.03. The Bertz CT molecular complexity index is 293. The van der Waals surface area contributed by atoms with E-state index in [0.29, 0.717) is 58.2 Å². The molecule has 0 atom stereocenters. The summed E-state index contributed by atoms with van der Waals surface area (Å²) in [6, 6.07) is 0. The highest BCUT2D eigenvalue weighted by Crippen LogP contribution is 1.92. The van der Waals surface area contributed by atoms with Gasteiger partial charge < -0.3 is 21.2 Å². The highest BCUT2D eigenvalue weighted by molar-refractivity contribution is 5.77. The van der Waals surface area contributed by atoms with Crippen molar-refractivity contribution in [3.63, 3.8) is 0 Å². The van der Waals surface area contributed by atoms with Gasteiger partial charge in [0.1, 0.15) is 5.78 Å². The zero-order valence-corrected chi connectivity index (χ0v) is 11.7. The lowest BCUT2D eigenvalue weighted by Crippen LogP contribution is -2.28. The predicted molar refractivity (Wildman–Crippen MR) is 73.5 cm³/mol. The summed E-state index contributed by atoms with van der Waals surface area (Å²) < 4.78 is 0. The lowest BCUT2D eigenvalue weighted by molar-refractivity contribution is -0.123. The van der Waals surface area contributed by atoms with Gasteiger partial charge in [-0.25, -0.2) is 0 Å². The Kier molecular flexibility index (Phi) is 10.8. The number of amides is 2. The van der Waals surface area contributed by atoms with Crippen LogP contribution in [-0.4, -0.2) is 37.2 Å². The molecule has 0 aromatic heterocycles. The number of hydrogen-bond acceptors (Lipinski definition) is 4. The fourth-order valence-electron chi connectivity index (χ4n) is 1.48. The summed E-state index contributed by atoms with van der Waals surface area (Å²) in [6.45, 7) is 3.08. The molecule has 0 aromatic rings. The van der Waals surface area contributed by atoms with E-state index in [1.54, 1.807) is 0 Å². The van der Waals surface area contributed by atoms with Gasteiger partial charge in [0.05, 0.1) is 0 Å².